The summed E-state index contributed by atoms with van der Waals surface area (Å²) < 4.78 is 5.82. The van der Waals surface area contributed by atoms with E-state index in [-0.39, 0.29) is 31.3 Å². The highest BCUT2D eigenvalue weighted by Gasteiger charge is 2.23. The molecule has 3 unspecified atom stereocenters. The van der Waals surface area contributed by atoms with Gasteiger partial charge in [-0.2, -0.15) is 0 Å². The Labute approximate surface area is 388 Å². The normalized spacial score (nSPS) is 14.2. The van der Waals surface area contributed by atoms with Gasteiger partial charge in [0.05, 0.1) is 25.2 Å². The van der Waals surface area contributed by atoms with E-state index in [0.29, 0.717) is 19.3 Å². The number of unbranched alkanes of at least 4 members (excludes halogenated alkanes) is 19. The van der Waals surface area contributed by atoms with E-state index in [9.17, 15) is 19.8 Å². The molecule has 0 aliphatic rings. The lowest BCUT2D eigenvalue weighted by atomic mass is 10.0. The zero-order chi connectivity index (χ0) is 45.9. The maximum absolute atomic E-state index is 13.2. The molecule has 0 aromatic rings. The average Bonchev–Trinajstić information content (AvgIpc) is 3.28. The Balaban J connectivity index is 4.79. The summed E-state index contributed by atoms with van der Waals surface area (Å²) in [6.07, 6.45) is 67.4. The van der Waals surface area contributed by atoms with Crippen molar-refractivity contribution in [1.29, 1.82) is 0 Å². The first kappa shape index (κ1) is 59.5. The highest BCUT2D eigenvalue weighted by atomic mass is 16.5. The molecule has 1 amide bonds. The van der Waals surface area contributed by atoms with Gasteiger partial charge in [-0.05, 0) is 57.8 Å². The Hall–Kier alpha value is -3.48. The number of carbonyl (C=O) groups is 2. The smallest absolute Gasteiger partial charge is 0.306 e. The molecule has 0 fully saturated rings. The van der Waals surface area contributed by atoms with E-state index in [1.165, 1.54) is 103 Å². The minimum atomic E-state index is -0.830. The minimum Gasteiger partial charge on any atom is -0.461 e. The molecule has 0 saturated carbocycles. The second-order valence-corrected chi connectivity index (χ2v) is 17.0. The predicted octanol–water partition coefficient (Wildman–Crippen LogP) is 15.5. The van der Waals surface area contributed by atoms with E-state index >= 15 is 0 Å². The summed E-state index contributed by atoms with van der Waals surface area (Å²) >= 11 is 0. The van der Waals surface area contributed by atoms with Gasteiger partial charge in [-0.25, -0.2) is 0 Å². The number of hydrogen-bond donors (Lipinski definition) is 3. The fourth-order valence-electron chi connectivity index (χ4n) is 7.09. The molecule has 0 aromatic heterocycles. The average molecular weight is 874 g/mol. The summed E-state index contributed by atoms with van der Waals surface area (Å²) in [5.74, 6) is -0.674. The van der Waals surface area contributed by atoms with Crippen molar-refractivity contribution in [2.24, 2.45) is 0 Å². The lowest BCUT2D eigenvalue weighted by Gasteiger charge is -2.24. The third kappa shape index (κ3) is 44.9. The minimum absolute atomic E-state index is 0.0334. The molecule has 6 heteroatoms. The van der Waals surface area contributed by atoms with E-state index in [2.05, 4.69) is 68.6 Å². The van der Waals surface area contributed by atoms with Crippen LogP contribution in [0.1, 0.15) is 213 Å². The third-order valence-electron chi connectivity index (χ3n) is 11.0. The Bertz CT molecular complexity index is 1300. The number of aliphatic hydroxyl groups excluding tert-OH is 2. The van der Waals surface area contributed by atoms with Crippen LogP contribution in [0.25, 0.3) is 0 Å². The summed E-state index contributed by atoms with van der Waals surface area (Å²) in [5, 5.41) is 23.7. The van der Waals surface area contributed by atoms with Crippen molar-refractivity contribution in [3.63, 3.8) is 0 Å². The molecule has 358 valence electrons. The van der Waals surface area contributed by atoms with Gasteiger partial charge in [0.2, 0.25) is 5.91 Å². The van der Waals surface area contributed by atoms with Crippen molar-refractivity contribution in [2.75, 3.05) is 6.61 Å². The van der Waals surface area contributed by atoms with Crippen molar-refractivity contribution in [3.8, 4) is 0 Å². The number of nitrogens with one attached hydrogen (secondary N) is 1. The second-order valence-electron chi connectivity index (χ2n) is 17.0. The highest BCUT2D eigenvalue weighted by Crippen LogP contribution is 2.16. The maximum Gasteiger partial charge on any atom is 0.306 e. The predicted molar refractivity (Wildman–Crippen MR) is 273 cm³/mol. The van der Waals surface area contributed by atoms with Gasteiger partial charge in [-0.1, -0.05) is 246 Å². The van der Waals surface area contributed by atoms with E-state index in [1.54, 1.807) is 0 Å². The molecule has 0 rings (SSSR count). The number of esters is 1. The van der Waals surface area contributed by atoms with Crippen LogP contribution in [0.2, 0.25) is 0 Å². The topological polar surface area (TPSA) is 95.9 Å². The largest absolute Gasteiger partial charge is 0.461 e. The van der Waals surface area contributed by atoms with Crippen LogP contribution >= 0.6 is 0 Å². The molecule has 0 bridgehead atoms. The number of hydrogen-bond acceptors (Lipinski definition) is 5. The van der Waals surface area contributed by atoms with Crippen molar-refractivity contribution in [1.82, 2.24) is 5.32 Å². The van der Waals surface area contributed by atoms with Crippen LogP contribution < -0.4 is 5.32 Å². The highest BCUT2D eigenvalue weighted by molar-refractivity contribution is 5.77. The molecule has 0 heterocycles. The van der Waals surface area contributed by atoms with E-state index < -0.39 is 18.2 Å². The van der Waals surface area contributed by atoms with Crippen LogP contribution in [0.5, 0.6) is 0 Å². The van der Waals surface area contributed by atoms with Crippen LogP contribution in [0, 0.1) is 0 Å². The Morgan fingerprint density at radius 1 is 0.508 bits per heavy atom. The standard InChI is InChI=1S/C57H95NO5/c1-4-7-10-13-16-19-22-25-27-29-32-34-37-40-43-46-49-55(60)54(52-59)58-56(61)51-53(48-45-42-39-36-33-31-28-26-23-20-17-14-11-8-5-2)63-57(62)50-47-44-41-38-35-30-24-21-18-15-12-9-6-3/h9,12,15,17-18,20-21,24,26,28,30,33,35-36,38,41-42,45,53-55,59-60H,4-8,10-11,13-14,16,19,22-23,25,27,29,31-32,34,37,39-40,43-44,46-52H2,1-3H3,(H,58,61)/b12-9+,18-15+,20-17-,24-21-,28-26-,35-30-,36-33-,41-38+,45-42-. The summed E-state index contributed by atoms with van der Waals surface area (Å²) in [5.41, 5.74) is 0. The van der Waals surface area contributed by atoms with Crippen molar-refractivity contribution >= 4 is 11.9 Å². The van der Waals surface area contributed by atoms with Gasteiger partial charge >= 0.3 is 5.97 Å². The first-order valence-electron chi connectivity index (χ1n) is 25.7. The molecule has 0 spiro atoms. The molecule has 0 aliphatic carbocycles. The van der Waals surface area contributed by atoms with Gasteiger partial charge in [-0.15, -0.1) is 0 Å². The molecule has 0 aromatic carbocycles. The van der Waals surface area contributed by atoms with Crippen LogP contribution in [0.3, 0.4) is 0 Å². The van der Waals surface area contributed by atoms with Crippen LogP contribution in [-0.2, 0) is 14.3 Å². The fourth-order valence-corrected chi connectivity index (χ4v) is 7.09. The SMILES string of the molecule is CC/C=C/C=C/C=C\C=C/C=C/CCCC(=O)OC(C/C=C\C/C=C\C/C=C\C/C=C\CCCCC)CC(=O)NC(CO)C(O)CCCCCCCCCCCCCCCCCC. The Morgan fingerprint density at radius 3 is 1.48 bits per heavy atom. The van der Waals surface area contributed by atoms with Gasteiger partial charge in [-0.3, -0.25) is 9.59 Å². The fraction of sp³-hybridized carbons (Fsp3) is 0.649. The van der Waals surface area contributed by atoms with E-state index in [0.717, 1.165) is 57.8 Å². The van der Waals surface area contributed by atoms with Crippen LogP contribution in [0.4, 0.5) is 0 Å². The van der Waals surface area contributed by atoms with Crippen molar-refractivity contribution < 1.29 is 24.5 Å². The molecular formula is C57H95NO5. The summed E-state index contributed by atoms with van der Waals surface area (Å²) in [6.45, 7) is 6.26. The van der Waals surface area contributed by atoms with Gasteiger partial charge in [0.15, 0.2) is 0 Å². The van der Waals surface area contributed by atoms with Crippen molar-refractivity contribution in [3.05, 3.63) is 109 Å². The number of ether oxygens (including phenoxy) is 1. The number of rotatable bonds is 44. The van der Waals surface area contributed by atoms with Gasteiger partial charge in [0.1, 0.15) is 6.10 Å². The monoisotopic (exact) mass is 874 g/mol. The van der Waals surface area contributed by atoms with Crippen LogP contribution in [0.15, 0.2) is 109 Å². The second kappa shape index (κ2) is 49.5. The van der Waals surface area contributed by atoms with Gasteiger partial charge < -0.3 is 20.3 Å². The molecule has 0 saturated heterocycles. The van der Waals surface area contributed by atoms with Crippen molar-refractivity contribution in [2.45, 2.75) is 232 Å². The maximum atomic E-state index is 13.2. The zero-order valence-electron chi connectivity index (χ0n) is 40.7. The van der Waals surface area contributed by atoms with Gasteiger partial charge in [0.25, 0.3) is 0 Å². The third-order valence-corrected chi connectivity index (χ3v) is 11.0. The molecule has 6 nitrogen and oxygen atoms in total. The summed E-state index contributed by atoms with van der Waals surface area (Å²) in [6, 6.07) is -0.752. The first-order valence-corrected chi connectivity index (χ1v) is 25.7. The van der Waals surface area contributed by atoms with E-state index in [1.807, 2.05) is 66.8 Å². The van der Waals surface area contributed by atoms with Gasteiger partial charge in [0, 0.05) is 12.8 Å². The number of amides is 1. The molecule has 0 radical (unpaired) electrons. The molecule has 63 heavy (non-hydrogen) atoms. The zero-order valence-corrected chi connectivity index (χ0v) is 40.7. The lowest BCUT2D eigenvalue weighted by Crippen LogP contribution is -2.46. The van der Waals surface area contributed by atoms with Crippen LogP contribution in [-0.4, -0.2) is 46.9 Å². The quantitative estimate of drug-likeness (QED) is 0.0245. The molecule has 0 aliphatic heterocycles. The summed E-state index contributed by atoms with van der Waals surface area (Å²) in [7, 11) is 0. The lowest BCUT2D eigenvalue weighted by molar-refractivity contribution is -0.150. The van der Waals surface area contributed by atoms with E-state index in [4.69, 9.17) is 4.74 Å². The number of carbonyl (C=O) groups excluding carboxylic acids is 2. The first-order chi connectivity index (χ1) is 31.0. The number of allylic oxidation sites excluding steroid dienone is 17. The number of aliphatic hydroxyl groups is 2. The molecule has 3 N–H and O–H groups in total. The molecular weight excluding hydrogens is 779 g/mol. The Morgan fingerprint density at radius 2 is 0.952 bits per heavy atom. The molecule has 3 atom stereocenters. The summed E-state index contributed by atoms with van der Waals surface area (Å²) in [4.78, 5) is 26.1. The Kier molecular flexibility index (Phi) is 46.8.